The Morgan fingerprint density at radius 2 is 1.97 bits per heavy atom. The van der Waals surface area contributed by atoms with E-state index in [4.69, 9.17) is 9.47 Å². The maximum Gasteiger partial charge on any atom is 0.336 e. The minimum absolute atomic E-state index is 0.249. The fourth-order valence-corrected chi connectivity index (χ4v) is 4.37. The van der Waals surface area contributed by atoms with E-state index >= 15 is 0 Å². The Morgan fingerprint density at radius 1 is 1.23 bits per heavy atom. The topological polar surface area (TPSA) is 93.3 Å². The van der Waals surface area contributed by atoms with Crippen LogP contribution in [0.4, 0.5) is 5.82 Å². The molecule has 7 nitrogen and oxygen atoms in total. The lowest BCUT2D eigenvalue weighted by atomic mass is 9.82. The Hall–Kier alpha value is -2.74. The lowest BCUT2D eigenvalue weighted by molar-refractivity contribution is -0.138. The van der Waals surface area contributed by atoms with Crippen LogP contribution in [0.3, 0.4) is 0 Å². The van der Waals surface area contributed by atoms with E-state index in [2.05, 4.69) is 22.2 Å². The number of benzene rings is 1. The van der Waals surface area contributed by atoms with Crippen molar-refractivity contribution in [3.05, 3.63) is 57.0 Å². The Bertz CT molecular complexity index is 998. The average Bonchev–Trinajstić information content (AvgIpc) is 2.73. The summed E-state index contributed by atoms with van der Waals surface area (Å²) in [5.74, 6) is 1.01. The molecular weight excluding hydrogens is 402 g/mol. The highest BCUT2D eigenvalue weighted by atomic mass is 32.2. The number of methoxy groups -OCH3 is 1. The van der Waals surface area contributed by atoms with Crippen LogP contribution in [-0.2, 0) is 9.53 Å². The molecule has 8 heteroatoms. The molecule has 0 amide bonds. The van der Waals surface area contributed by atoms with Crippen LogP contribution in [0.1, 0.15) is 50.7 Å². The third kappa shape index (κ3) is 4.53. The van der Waals surface area contributed by atoms with Crippen molar-refractivity contribution in [2.75, 3.05) is 24.8 Å². The number of carbonyl (C=O) groups excluding carboxylic acids is 1. The first-order valence-electron chi connectivity index (χ1n) is 10.1. The first-order valence-corrected chi connectivity index (χ1v) is 11.0. The van der Waals surface area contributed by atoms with E-state index in [0.717, 1.165) is 24.2 Å². The molecule has 2 aromatic rings. The molecule has 2 heterocycles. The standard InChI is InChI=1S/C22H27N3O4S/c1-5-7-12-30-22-24-19-18(20(26)25-22)17(14-8-10-15(28-4)11-9-14)16(13(3)23-19)21(27)29-6-2/h8-11,17H,5-7,12H2,1-4H3,(H2,23,24,25,26)/t17-/m1/s1. The molecule has 1 atom stereocenters. The summed E-state index contributed by atoms with van der Waals surface area (Å²) in [7, 11) is 1.59. The van der Waals surface area contributed by atoms with Crippen LogP contribution in [-0.4, -0.2) is 35.4 Å². The van der Waals surface area contributed by atoms with E-state index in [0.29, 0.717) is 33.6 Å². The Balaban J connectivity index is 2.12. The number of fused-ring (bicyclic) bond motifs is 1. The number of hydrogen-bond donors (Lipinski definition) is 2. The summed E-state index contributed by atoms with van der Waals surface area (Å²) in [4.78, 5) is 33.4. The summed E-state index contributed by atoms with van der Waals surface area (Å²) in [6.07, 6.45) is 2.12. The number of ether oxygens (including phenoxy) is 2. The average molecular weight is 430 g/mol. The quantitative estimate of drug-likeness (QED) is 0.283. The number of rotatable bonds is 8. The zero-order chi connectivity index (χ0) is 21.7. The zero-order valence-electron chi connectivity index (χ0n) is 17.7. The largest absolute Gasteiger partial charge is 0.497 e. The van der Waals surface area contributed by atoms with E-state index in [9.17, 15) is 9.59 Å². The van der Waals surface area contributed by atoms with Crippen molar-refractivity contribution in [2.24, 2.45) is 0 Å². The smallest absolute Gasteiger partial charge is 0.336 e. The second-order valence-corrected chi connectivity index (χ2v) is 8.01. The molecule has 160 valence electrons. The molecule has 0 radical (unpaired) electrons. The second-order valence-electron chi connectivity index (χ2n) is 6.93. The van der Waals surface area contributed by atoms with Gasteiger partial charge in [-0.1, -0.05) is 37.2 Å². The van der Waals surface area contributed by atoms with Crippen molar-refractivity contribution in [3.8, 4) is 5.75 Å². The van der Waals surface area contributed by atoms with Crippen LogP contribution in [0, 0.1) is 0 Å². The van der Waals surface area contributed by atoms with E-state index in [1.165, 1.54) is 11.8 Å². The minimum Gasteiger partial charge on any atom is -0.497 e. The van der Waals surface area contributed by atoms with E-state index < -0.39 is 11.9 Å². The molecule has 1 aliphatic rings. The van der Waals surface area contributed by atoms with Gasteiger partial charge in [-0.3, -0.25) is 4.79 Å². The third-order valence-corrected chi connectivity index (χ3v) is 5.86. The highest BCUT2D eigenvalue weighted by molar-refractivity contribution is 7.99. The molecule has 3 rings (SSSR count). The molecule has 2 N–H and O–H groups in total. The first-order chi connectivity index (χ1) is 14.5. The SMILES string of the molecule is CCCCSc1nc2c(c(=O)[nH]1)[C@H](c1ccc(OC)cc1)C(C(=O)OCC)=C(C)N2. The molecule has 1 aromatic carbocycles. The van der Waals surface area contributed by atoms with Gasteiger partial charge in [0.1, 0.15) is 11.6 Å². The molecule has 0 bridgehead atoms. The van der Waals surface area contributed by atoms with Gasteiger partial charge in [-0.25, -0.2) is 9.78 Å². The minimum atomic E-state index is -0.586. The van der Waals surface area contributed by atoms with Crippen LogP contribution < -0.4 is 15.6 Å². The monoisotopic (exact) mass is 429 g/mol. The molecule has 0 unspecified atom stereocenters. The molecule has 0 aliphatic carbocycles. The number of esters is 1. The third-order valence-electron chi connectivity index (χ3n) is 4.90. The molecule has 1 aromatic heterocycles. The maximum atomic E-state index is 13.1. The van der Waals surface area contributed by atoms with Gasteiger partial charge in [0.2, 0.25) is 0 Å². The summed E-state index contributed by atoms with van der Waals surface area (Å²) in [6, 6.07) is 7.33. The molecule has 30 heavy (non-hydrogen) atoms. The van der Waals surface area contributed by atoms with Gasteiger partial charge in [0.15, 0.2) is 5.16 Å². The fourth-order valence-electron chi connectivity index (χ4n) is 3.42. The zero-order valence-corrected chi connectivity index (χ0v) is 18.5. The first kappa shape index (κ1) is 22.0. The van der Waals surface area contributed by atoms with Crippen LogP contribution in [0.5, 0.6) is 5.75 Å². The number of nitrogens with one attached hydrogen (secondary N) is 2. The van der Waals surface area contributed by atoms with Crippen molar-refractivity contribution >= 4 is 23.5 Å². The van der Waals surface area contributed by atoms with Crippen LogP contribution >= 0.6 is 11.8 Å². The highest BCUT2D eigenvalue weighted by Crippen LogP contribution is 2.40. The number of thioether (sulfide) groups is 1. The number of aromatic amines is 1. The number of allylic oxidation sites excluding steroid dienone is 1. The van der Waals surface area contributed by atoms with Gasteiger partial charge >= 0.3 is 5.97 Å². The summed E-state index contributed by atoms with van der Waals surface area (Å²) in [6.45, 7) is 5.93. The Kier molecular flexibility index (Phi) is 7.20. The molecular formula is C22H27N3O4S. The van der Waals surface area contributed by atoms with Crippen molar-refractivity contribution in [2.45, 2.75) is 44.7 Å². The number of nitrogens with zero attached hydrogens (tertiary/aromatic N) is 1. The lowest BCUT2D eigenvalue weighted by Gasteiger charge is -2.28. The van der Waals surface area contributed by atoms with Crippen LogP contribution in [0.2, 0.25) is 0 Å². The van der Waals surface area contributed by atoms with E-state index in [1.807, 2.05) is 24.3 Å². The maximum absolute atomic E-state index is 13.1. The lowest BCUT2D eigenvalue weighted by Crippen LogP contribution is -2.31. The highest BCUT2D eigenvalue weighted by Gasteiger charge is 2.36. The van der Waals surface area contributed by atoms with Gasteiger partial charge in [-0.05, 0) is 38.0 Å². The number of hydrogen-bond acceptors (Lipinski definition) is 7. The van der Waals surface area contributed by atoms with E-state index in [-0.39, 0.29) is 12.2 Å². The summed E-state index contributed by atoms with van der Waals surface area (Å²) >= 11 is 1.52. The van der Waals surface area contributed by atoms with Gasteiger partial charge in [0.25, 0.3) is 5.56 Å². The van der Waals surface area contributed by atoms with Gasteiger partial charge in [0.05, 0.1) is 30.8 Å². The Labute approximate surface area is 180 Å². The molecule has 0 fully saturated rings. The normalized spacial score (nSPS) is 15.4. The number of carbonyl (C=O) groups is 1. The van der Waals surface area contributed by atoms with Gasteiger partial charge in [-0.15, -0.1) is 0 Å². The van der Waals surface area contributed by atoms with Crippen molar-refractivity contribution in [1.82, 2.24) is 9.97 Å². The van der Waals surface area contributed by atoms with Crippen molar-refractivity contribution in [3.63, 3.8) is 0 Å². The molecule has 0 saturated carbocycles. The van der Waals surface area contributed by atoms with Gasteiger partial charge in [-0.2, -0.15) is 0 Å². The summed E-state index contributed by atoms with van der Waals surface area (Å²) in [5.41, 5.74) is 1.98. The number of unbranched alkanes of at least 4 members (excludes halogenated alkanes) is 1. The number of H-pyrrole nitrogens is 1. The molecule has 0 saturated heterocycles. The van der Waals surface area contributed by atoms with Crippen molar-refractivity contribution < 1.29 is 14.3 Å². The van der Waals surface area contributed by atoms with Gasteiger partial charge < -0.3 is 19.8 Å². The number of anilines is 1. The van der Waals surface area contributed by atoms with Crippen molar-refractivity contribution in [1.29, 1.82) is 0 Å². The number of aromatic nitrogens is 2. The molecule has 1 aliphatic heterocycles. The van der Waals surface area contributed by atoms with E-state index in [1.54, 1.807) is 21.0 Å². The fraction of sp³-hybridized carbons (Fsp3) is 0.409. The van der Waals surface area contributed by atoms with Gasteiger partial charge in [0, 0.05) is 11.4 Å². The predicted octanol–water partition coefficient (Wildman–Crippen LogP) is 4.07. The summed E-state index contributed by atoms with van der Waals surface area (Å²) in [5, 5.41) is 3.72. The van der Waals surface area contributed by atoms with Crippen LogP contribution in [0.15, 0.2) is 45.5 Å². The summed E-state index contributed by atoms with van der Waals surface area (Å²) < 4.78 is 10.5. The Morgan fingerprint density at radius 3 is 2.60 bits per heavy atom. The predicted molar refractivity (Wildman–Crippen MR) is 118 cm³/mol. The van der Waals surface area contributed by atoms with Crippen LogP contribution in [0.25, 0.3) is 0 Å². The second kappa shape index (κ2) is 9.84. The molecule has 0 spiro atoms.